The second kappa shape index (κ2) is 16.2. The van der Waals surface area contributed by atoms with Crippen LogP contribution in [0.3, 0.4) is 0 Å². The number of alkyl halides is 2. The first-order chi connectivity index (χ1) is 21.7. The van der Waals surface area contributed by atoms with Gasteiger partial charge in [-0.25, -0.2) is 28.0 Å². The van der Waals surface area contributed by atoms with E-state index in [-0.39, 0.29) is 4.90 Å². The molecule has 0 aromatic heterocycles. The van der Waals surface area contributed by atoms with Crippen LogP contribution in [0.2, 0.25) is 0 Å². The number of carboxylic acids is 1. The van der Waals surface area contributed by atoms with Crippen molar-refractivity contribution >= 4 is 30.2 Å². The van der Waals surface area contributed by atoms with Crippen LogP contribution in [0.25, 0.3) is 0 Å². The summed E-state index contributed by atoms with van der Waals surface area (Å²) in [6.07, 6.45) is -6.47. The van der Waals surface area contributed by atoms with Crippen LogP contribution in [0.5, 0.6) is 0 Å². The summed E-state index contributed by atoms with van der Waals surface area (Å²) in [6.45, 7) is 8.05. The van der Waals surface area contributed by atoms with Crippen molar-refractivity contribution in [3.05, 3.63) is 71.8 Å². The number of carbonyl (C=O) groups excluding carboxylic acids is 4. The lowest BCUT2D eigenvalue weighted by Crippen LogP contribution is -2.54. The van der Waals surface area contributed by atoms with E-state index in [1.807, 2.05) is 0 Å². The van der Waals surface area contributed by atoms with Gasteiger partial charge in [0.25, 0.3) is 5.92 Å². The zero-order valence-electron chi connectivity index (χ0n) is 27.5. The smallest absolute Gasteiger partial charge is 0.420 e. The molecule has 0 aliphatic carbocycles. The van der Waals surface area contributed by atoms with Gasteiger partial charge in [0, 0.05) is 25.3 Å². The van der Waals surface area contributed by atoms with E-state index in [2.05, 4.69) is 10.6 Å². The van der Waals surface area contributed by atoms with E-state index in [0.29, 0.717) is 11.1 Å². The number of alkyl carbamates (subject to hydrolysis) is 1. The molecular weight excluding hydrogens is 620 g/mol. The van der Waals surface area contributed by atoms with Crippen LogP contribution >= 0.6 is 0 Å². The molecule has 3 N–H and O–H groups in total. The Morgan fingerprint density at radius 1 is 0.809 bits per heavy atom. The molecular formula is C33H43F2N3O9. The van der Waals surface area contributed by atoms with Crippen molar-refractivity contribution in [3.63, 3.8) is 0 Å². The third-order valence-electron chi connectivity index (χ3n) is 6.45. The van der Waals surface area contributed by atoms with Crippen molar-refractivity contribution in [2.45, 2.75) is 89.5 Å². The molecule has 0 bridgehead atoms. The Morgan fingerprint density at radius 2 is 1.26 bits per heavy atom. The number of ether oxygens (including phenoxy) is 3. The summed E-state index contributed by atoms with van der Waals surface area (Å²) in [5.41, 5.74) is -1.10. The number of carboxylic acid groups (broad SMARTS) is 1. The highest BCUT2D eigenvalue weighted by atomic mass is 19.3. The van der Waals surface area contributed by atoms with E-state index in [9.17, 15) is 29.1 Å². The summed E-state index contributed by atoms with van der Waals surface area (Å²) in [7, 11) is 1.11. The van der Waals surface area contributed by atoms with Crippen molar-refractivity contribution in [2.24, 2.45) is 0 Å². The monoisotopic (exact) mass is 663 g/mol. The fraction of sp³-hybridized carbons (Fsp3) is 0.485. The molecule has 0 fully saturated rings. The molecule has 0 radical (unpaired) electrons. The molecule has 2 aromatic rings. The van der Waals surface area contributed by atoms with Gasteiger partial charge in [-0.15, -0.1) is 0 Å². The van der Waals surface area contributed by atoms with Crippen molar-refractivity contribution in [1.29, 1.82) is 0 Å². The predicted molar refractivity (Wildman–Crippen MR) is 167 cm³/mol. The van der Waals surface area contributed by atoms with Gasteiger partial charge >= 0.3 is 24.2 Å². The summed E-state index contributed by atoms with van der Waals surface area (Å²) in [5.74, 6) is -7.28. The lowest BCUT2D eigenvalue weighted by Gasteiger charge is -2.33. The number of imide groups is 1. The molecule has 0 saturated carbocycles. The molecule has 14 heteroatoms. The van der Waals surface area contributed by atoms with Crippen LogP contribution < -0.4 is 10.6 Å². The van der Waals surface area contributed by atoms with E-state index in [4.69, 9.17) is 14.2 Å². The van der Waals surface area contributed by atoms with Crippen LogP contribution in [0.1, 0.15) is 71.4 Å². The fourth-order valence-corrected chi connectivity index (χ4v) is 4.49. The first-order valence-corrected chi connectivity index (χ1v) is 14.8. The molecule has 2 atom stereocenters. The number of rotatable bonds is 12. The van der Waals surface area contributed by atoms with Crippen molar-refractivity contribution in [2.75, 3.05) is 13.7 Å². The van der Waals surface area contributed by atoms with Gasteiger partial charge in [0.2, 0.25) is 5.91 Å². The number of aliphatic carboxylic acids is 1. The van der Waals surface area contributed by atoms with Crippen molar-refractivity contribution < 1.29 is 52.1 Å². The number of carbonyl (C=O) groups is 5. The zero-order valence-corrected chi connectivity index (χ0v) is 27.5. The molecule has 0 aliphatic rings. The topological polar surface area (TPSA) is 161 Å². The Bertz CT molecular complexity index is 1310. The normalized spacial score (nSPS) is 13.1. The number of benzene rings is 2. The number of nitrogens with one attached hydrogen (secondary N) is 2. The molecule has 0 spiro atoms. The largest absolute Gasteiger partial charge is 0.480 e. The molecule has 0 saturated heterocycles. The van der Waals surface area contributed by atoms with Gasteiger partial charge in [-0.1, -0.05) is 60.7 Å². The highest BCUT2D eigenvalue weighted by Crippen LogP contribution is 2.30. The minimum Gasteiger partial charge on any atom is -0.480 e. The maximum atomic E-state index is 15.4. The number of halogens is 2. The highest BCUT2D eigenvalue weighted by Gasteiger charge is 2.46. The maximum absolute atomic E-state index is 15.4. The summed E-state index contributed by atoms with van der Waals surface area (Å²) in [4.78, 5) is 63.8. The minimum absolute atomic E-state index is 0.0198. The van der Waals surface area contributed by atoms with Crippen LogP contribution in [0.15, 0.2) is 60.7 Å². The summed E-state index contributed by atoms with van der Waals surface area (Å²) in [5, 5.41) is 14.7. The third kappa shape index (κ3) is 12.5. The number of hydrogen-bond acceptors (Lipinski definition) is 8. The summed E-state index contributed by atoms with van der Waals surface area (Å²) < 4.78 is 45.7. The fourth-order valence-electron chi connectivity index (χ4n) is 4.49. The van der Waals surface area contributed by atoms with E-state index in [0.717, 1.165) is 7.11 Å². The molecule has 2 aromatic carbocycles. The third-order valence-corrected chi connectivity index (χ3v) is 6.45. The number of methoxy groups -OCH3 is 1. The maximum Gasteiger partial charge on any atom is 0.420 e. The average molecular weight is 664 g/mol. The van der Waals surface area contributed by atoms with Crippen LogP contribution in [0, 0.1) is 0 Å². The Balaban J connectivity index is 2.31. The van der Waals surface area contributed by atoms with Gasteiger partial charge in [-0.2, -0.15) is 4.90 Å². The van der Waals surface area contributed by atoms with Gasteiger partial charge < -0.3 is 30.0 Å². The average Bonchev–Trinajstić information content (AvgIpc) is 2.95. The SMILES string of the molecule is COC(=O)N[C@H](C(=O)NCCC(F)(F)C[C@@H](C(=O)O)N(C(=O)OC(C)(C)C)C(=O)OC(C)(C)C)C(c1ccccc1)c1ccccc1. The van der Waals surface area contributed by atoms with E-state index in [1.165, 1.54) is 41.5 Å². The second-order valence-corrected chi connectivity index (χ2v) is 12.7. The van der Waals surface area contributed by atoms with Crippen LogP contribution in [-0.2, 0) is 23.8 Å². The summed E-state index contributed by atoms with van der Waals surface area (Å²) >= 11 is 0. The van der Waals surface area contributed by atoms with Crippen LogP contribution in [-0.4, -0.2) is 83.0 Å². The molecule has 2 rings (SSSR count). The Hall–Kier alpha value is -4.75. The van der Waals surface area contributed by atoms with Crippen molar-refractivity contribution in [3.8, 4) is 0 Å². The quantitative estimate of drug-likeness (QED) is 0.242. The van der Waals surface area contributed by atoms with E-state index in [1.54, 1.807) is 60.7 Å². The number of hydrogen-bond donors (Lipinski definition) is 3. The van der Waals surface area contributed by atoms with Crippen molar-refractivity contribution in [1.82, 2.24) is 15.5 Å². The molecule has 0 heterocycles. The molecule has 0 aliphatic heterocycles. The van der Waals surface area contributed by atoms with Gasteiger partial charge in [0.15, 0.2) is 0 Å². The second-order valence-electron chi connectivity index (χ2n) is 12.7. The zero-order chi connectivity index (χ0) is 35.6. The van der Waals surface area contributed by atoms with E-state index < -0.39 is 84.7 Å². The first kappa shape index (κ1) is 38.4. The first-order valence-electron chi connectivity index (χ1n) is 14.8. The highest BCUT2D eigenvalue weighted by molar-refractivity contribution is 5.93. The lowest BCUT2D eigenvalue weighted by molar-refractivity contribution is -0.147. The standard InChI is InChI=1S/C33H43F2N3O9/c1-31(2,3)46-29(43)38(30(44)47-32(4,5)6)23(27(40)41)20-33(34,35)18-19-36-26(39)25(37-28(42)45-7)24(21-14-10-8-11-15-21)22-16-12-9-13-17-22/h8-17,23-25H,18-20H2,1-7H3,(H,36,39)(H,37,42)(H,40,41)/t23-,25-/m0/s1. The Kier molecular flexibility index (Phi) is 13.2. The summed E-state index contributed by atoms with van der Waals surface area (Å²) in [6, 6.07) is 13.8. The lowest BCUT2D eigenvalue weighted by atomic mass is 9.84. The van der Waals surface area contributed by atoms with E-state index >= 15 is 8.78 Å². The minimum atomic E-state index is -3.82. The Morgan fingerprint density at radius 3 is 1.64 bits per heavy atom. The van der Waals surface area contributed by atoms with Gasteiger partial charge in [0.1, 0.15) is 23.3 Å². The molecule has 0 unspecified atom stereocenters. The number of nitrogens with zero attached hydrogens (tertiary/aromatic N) is 1. The van der Waals surface area contributed by atoms with Gasteiger partial charge in [-0.05, 0) is 52.7 Å². The van der Waals surface area contributed by atoms with Gasteiger partial charge in [-0.3, -0.25) is 4.79 Å². The Labute approximate surface area is 272 Å². The molecule has 12 nitrogen and oxygen atoms in total. The number of amides is 4. The molecule has 258 valence electrons. The van der Waals surface area contributed by atoms with Crippen LogP contribution in [0.4, 0.5) is 23.2 Å². The predicted octanol–water partition coefficient (Wildman–Crippen LogP) is 5.70. The molecule has 4 amide bonds. The molecule has 47 heavy (non-hydrogen) atoms. The van der Waals surface area contributed by atoms with Gasteiger partial charge in [0.05, 0.1) is 7.11 Å².